The standard InChI is InChI=1S/C34H45FO2/c1-5-12-29(15-10-14-28(4)36)22-24-34(37)33(23-21-26(2)31-18-7-6-8-19-31)27(3)13-9-16-30-17-11-20-32(35)25-30/h6-8,11,17-21,23,25,29,34,37H,3,5,9-10,12-16,22,24H2,1-2,4H3/b26-21+,33-23+. The second kappa shape index (κ2) is 16.9. The second-order valence-electron chi connectivity index (χ2n) is 10.3. The molecule has 1 N–H and O–H groups in total. The summed E-state index contributed by atoms with van der Waals surface area (Å²) in [6.45, 7) is 10.3. The summed E-state index contributed by atoms with van der Waals surface area (Å²) in [5.74, 6) is 0.553. The van der Waals surface area contributed by atoms with E-state index in [-0.39, 0.29) is 11.6 Å². The number of carbonyl (C=O) groups excluding carboxylic acids is 1. The minimum Gasteiger partial charge on any atom is -0.388 e. The zero-order chi connectivity index (χ0) is 27.0. The average Bonchev–Trinajstić information content (AvgIpc) is 2.87. The molecule has 2 aromatic rings. The van der Waals surface area contributed by atoms with Crippen molar-refractivity contribution in [1.82, 2.24) is 0 Å². The number of hydrogen-bond donors (Lipinski definition) is 1. The Morgan fingerprint density at radius 3 is 2.38 bits per heavy atom. The molecule has 0 amide bonds. The van der Waals surface area contributed by atoms with E-state index in [4.69, 9.17) is 0 Å². The Bertz CT molecular complexity index is 1030. The first kappa shape index (κ1) is 30.4. The molecule has 200 valence electrons. The van der Waals surface area contributed by atoms with Crippen LogP contribution in [0.1, 0.15) is 89.7 Å². The molecule has 0 saturated heterocycles. The van der Waals surface area contributed by atoms with E-state index in [1.54, 1.807) is 19.1 Å². The van der Waals surface area contributed by atoms with Crippen molar-refractivity contribution in [1.29, 1.82) is 0 Å². The highest BCUT2D eigenvalue weighted by Crippen LogP contribution is 2.27. The Morgan fingerprint density at radius 1 is 0.946 bits per heavy atom. The number of allylic oxidation sites excluding steroid dienone is 3. The van der Waals surface area contributed by atoms with Crippen LogP contribution in [0, 0.1) is 11.7 Å². The highest BCUT2D eigenvalue weighted by Gasteiger charge is 2.17. The smallest absolute Gasteiger partial charge is 0.129 e. The van der Waals surface area contributed by atoms with Crippen LogP contribution in [0.3, 0.4) is 0 Å². The topological polar surface area (TPSA) is 37.3 Å². The SMILES string of the molecule is C=C(CCCc1cccc(F)c1)/C(=C\C=C(/C)c1ccccc1)C(O)CCC(CCC)CCCC(C)=O. The normalized spacial score (nSPS) is 13.9. The molecule has 0 heterocycles. The molecule has 0 saturated carbocycles. The number of benzene rings is 2. The molecular formula is C34H45FO2. The van der Waals surface area contributed by atoms with Gasteiger partial charge in [0, 0.05) is 6.42 Å². The fourth-order valence-corrected chi connectivity index (χ4v) is 4.85. The van der Waals surface area contributed by atoms with E-state index in [9.17, 15) is 14.3 Å². The number of carbonyl (C=O) groups is 1. The predicted molar refractivity (Wildman–Crippen MR) is 155 cm³/mol. The van der Waals surface area contributed by atoms with Crippen molar-refractivity contribution in [3.05, 3.63) is 101 Å². The van der Waals surface area contributed by atoms with E-state index in [0.717, 1.165) is 79.2 Å². The van der Waals surface area contributed by atoms with Crippen LogP contribution >= 0.6 is 0 Å². The second-order valence-corrected chi connectivity index (χ2v) is 10.3. The van der Waals surface area contributed by atoms with Gasteiger partial charge in [-0.3, -0.25) is 0 Å². The van der Waals surface area contributed by atoms with Crippen LogP contribution in [-0.2, 0) is 11.2 Å². The summed E-state index contributed by atoms with van der Waals surface area (Å²) >= 11 is 0. The minimum atomic E-state index is -0.589. The molecule has 3 heteroatoms. The Kier molecular flexibility index (Phi) is 13.9. The maximum atomic E-state index is 13.5. The summed E-state index contributed by atoms with van der Waals surface area (Å²) in [6.07, 6.45) is 12.3. The first-order chi connectivity index (χ1) is 17.8. The zero-order valence-corrected chi connectivity index (χ0v) is 23.0. The van der Waals surface area contributed by atoms with Gasteiger partial charge in [-0.25, -0.2) is 4.39 Å². The first-order valence-corrected chi connectivity index (χ1v) is 13.8. The predicted octanol–water partition coefficient (Wildman–Crippen LogP) is 9.05. The molecule has 0 aliphatic heterocycles. The van der Waals surface area contributed by atoms with E-state index in [0.29, 0.717) is 18.8 Å². The molecule has 2 aromatic carbocycles. The lowest BCUT2D eigenvalue weighted by atomic mass is 9.87. The number of hydrogen-bond acceptors (Lipinski definition) is 2. The number of halogens is 1. The number of Topliss-reactive ketones (excluding diaryl/α,β-unsaturated/α-hetero) is 1. The van der Waals surface area contributed by atoms with Crippen LogP contribution in [0.2, 0.25) is 0 Å². The third-order valence-electron chi connectivity index (χ3n) is 7.03. The molecule has 0 fully saturated rings. The number of ketones is 1. The number of aliphatic hydroxyl groups excluding tert-OH is 1. The molecule has 2 rings (SSSR count). The highest BCUT2D eigenvalue weighted by molar-refractivity contribution is 5.75. The van der Waals surface area contributed by atoms with Crippen LogP contribution in [-0.4, -0.2) is 17.0 Å². The van der Waals surface area contributed by atoms with E-state index in [1.165, 1.54) is 6.07 Å². The average molecular weight is 505 g/mol. The van der Waals surface area contributed by atoms with Gasteiger partial charge in [0.1, 0.15) is 11.6 Å². The fourth-order valence-electron chi connectivity index (χ4n) is 4.85. The summed E-state index contributed by atoms with van der Waals surface area (Å²) in [5.41, 5.74) is 5.08. The van der Waals surface area contributed by atoms with Crippen molar-refractivity contribution in [3.63, 3.8) is 0 Å². The summed E-state index contributed by atoms with van der Waals surface area (Å²) in [5, 5.41) is 11.3. The van der Waals surface area contributed by atoms with Crippen LogP contribution in [0.15, 0.2) is 84.5 Å². The van der Waals surface area contributed by atoms with Gasteiger partial charge in [-0.2, -0.15) is 0 Å². The molecule has 0 spiro atoms. The van der Waals surface area contributed by atoms with Gasteiger partial charge in [-0.15, -0.1) is 0 Å². The molecule has 0 aliphatic rings. The Labute approximate surface area is 224 Å². The van der Waals surface area contributed by atoms with Crippen LogP contribution in [0.4, 0.5) is 4.39 Å². The summed E-state index contributed by atoms with van der Waals surface area (Å²) in [6, 6.07) is 17.0. The molecular weight excluding hydrogens is 459 g/mol. The minimum absolute atomic E-state index is 0.209. The molecule has 0 bridgehead atoms. The van der Waals surface area contributed by atoms with Gasteiger partial charge in [0.15, 0.2) is 0 Å². The van der Waals surface area contributed by atoms with Gasteiger partial charge in [0.05, 0.1) is 6.10 Å². The number of aryl methyl sites for hydroxylation is 1. The summed E-state index contributed by atoms with van der Waals surface area (Å²) in [7, 11) is 0. The molecule has 2 atom stereocenters. The molecule has 0 aliphatic carbocycles. The zero-order valence-electron chi connectivity index (χ0n) is 23.0. The van der Waals surface area contributed by atoms with Crippen LogP contribution in [0.25, 0.3) is 5.57 Å². The number of rotatable bonds is 17. The van der Waals surface area contributed by atoms with Crippen molar-refractivity contribution >= 4 is 11.4 Å². The molecule has 0 aromatic heterocycles. The molecule has 2 unspecified atom stereocenters. The van der Waals surface area contributed by atoms with Crippen molar-refractivity contribution in [2.24, 2.45) is 5.92 Å². The monoisotopic (exact) mass is 504 g/mol. The largest absolute Gasteiger partial charge is 0.388 e. The van der Waals surface area contributed by atoms with Crippen molar-refractivity contribution in [2.75, 3.05) is 0 Å². The lowest BCUT2D eigenvalue weighted by Gasteiger charge is -2.21. The fraction of sp³-hybridized carbons (Fsp3) is 0.441. The number of aliphatic hydroxyl groups is 1. The first-order valence-electron chi connectivity index (χ1n) is 13.8. The van der Waals surface area contributed by atoms with Gasteiger partial charge in [0.25, 0.3) is 0 Å². The van der Waals surface area contributed by atoms with Crippen molar-refractivity contribution in [2.45, 2.75) is 91.1 Å². The lowest BCUT2D eigenvalue weighted by molar-refractivity contribution is -0.117. The van der Waals surface area contributed by atoms with Crippen molar-refractivity contribution in [3.8, 4) is 0 Å². The van der Waals surface area contributed by atoms with Gasteiger partial charge in [-0.1, -0.05) is 87.4 Å². The maximum Gasteiger partial charge on any atom is 0.129 e. The van der Waals surface area contributed by atoms with Crippen LogP contribution < -0.4 is 0 Å². The van der Waals surface area contributed by atoms with Crippen LogP contribution in [0.5, 0.6) is 0 Å². The van der Waals surface area contributed by atoms with E-state index < -0.39 is 6.10 Å². The summed E-state index contributed by atoms with van der Waals surface area (Å²) < 4.78 is 13.5. The maximum absolute atomic E-state index is 13.5. The third-order valence-corrected chi connectivity index (χ3v) is 7.03. The third kappa shape index (κ3) is 11.9. The summed E-state index contributed by atoms with van der Waals surface area (Å²) in [4.78, 5) is 11.4. The lowest BCUT2D eigenvalue weighted by Crippen LogP contribution is -2.15. The Morgan fingerprint density at radius 2 is 1.70 bits per heavy atom. The van der Waals surface area contributed by atoms with Gasteiger partial charge < -0.3 is 9.90 Å². The van der Waals surface area contributed by atoms with Gasteiger partial charge in [0.2, 0.25) is 0 Å². The van der Waals surface area contributed by atoms with Crippen molar-refractivity contribution < 1.29 is 14.3 Å². The Hall–Kier alpha value is -2.78. The van der Waals surface area contributed by atoms with Gasteiger partial charge in [-0.05, 0) is 98.3 Å². The van der Waals surface area contributed by atoms with E-state index in [2.05, 4.69) is 38.6 Å². The molecule has 2 nitrogen and oxygen atoms in total. The Balaban J connectivity index is 2.10. The molecule has 37 heavy (non-hydrogen) atoms. The van der Waals surface area contributed by atoms with Gasteiger partial charge >= 0.3 is 0 Å². The van der Waals surface area contributed by atoms with E-state index >= 15 is 0 Å². The quantitative estimate of drug-likeness (QED) is 0.218. The van der Waals surface area contributed by atoms with E-state index in [1.807, 2.05) is 30.3 Å². The molecule has 0 radical (unpaired) electrons. The highest BCUT2D eigenvalue weighted by atomic mass is 19.1.